The number of amides is 1. The van der Waals surface area contributed by atoms with Crippen molar-refractivity contribution in [1.29, 1.82) is 0 Å². The molecule has 1 aliphatic rings. The molecule has 0 aliphatic carbocycles. The van der Waals surface area contributed by atoms with E-state index in [1.54, 1.807) is 14.2 Å². The number of hydrogen-bond acceptors (Lipinski definition) is 5. The zero-order valence-corrected chi connectivity index (χ0v) is 12.7. The summed E-state index contributed by atoms with van der Waals surface area (Å²) in [5, 5.41) is 0. The number of carbonyl (C=O) groups is 1. The molecule has 1 aromatic carbocycles. The molecular weight excluding hydrogens is 270 g/mol. The minimum atomic E-state index is 0.0219. The van der Waals surface area contributed by atoms with E-state index in [-0.39, 0.29) is 12.5 Å². The number of rotatable bonds is 5. The Morgan fingerprint density at radius 1 is 1.19 bits per heavy atom. The molecule has 0 saturated carbocycles. The highest BCUT2D eigenvalue weighted by atomic mass is 16.5. The molecule has 0 unspecified atom stereocenters. The average molecular weight is 293 g/mol. The van der Waals surface area contributed by atoms with E-state index in [0.717, 1.165) is 49.8 Å². The van der Waals surface area contributed by atoms with Gasteiger partial charge in [0.25, 0.3) is 0 Å². The van der Waals surface area contributed by atoms with Crippen LogP contribution in [0.4, 0.5) is 0 Å². The molecule has 0 atom stereocenters. The van der Waals surface area contributed by atoms with Crippen LogP contribution in [0, 0.1) is 0 Å². The van der Waals surface area contributed by atoms with Gasteiger partial charge in [0.05, 0.1) is 20.8 Å². The van der Waals surface area contributed by atoms with Crippen molar-refractivity contribution in [1.82, 2.24) is 9.80 Å². The Balaban J connectivity index is 1.98. The van der Waals surface area contributed by atoms with E-state index in [1.807, 2.05) is 23.1 Å². The van der Waals surface area contributed by atoms with Crippen LogP contribution in [-0.4, -0.2) is 62.7 Å². The second kappa shape index (κ2) is 7.28. The molecule has 1 heterocycles. The molecule has 0 spiro atoms. The van der Waals surface area contributed by atoms with Crippen LogP contribution < -0.4 is 15.2 Å². The van der Waals surface area contributed by atoms with Crippen LogP contribution >= 0.6 is 0 Å². The largest absolute Gasteiger partial charge is 0.497 e. The molecule has 1 saturated heterocycles. The summed E-state index contributed by atoms with van der Waals surface area (Å²) in [5.41, 5.74) is 6.49. The molecule has 116 valence electrons. The summed E-state index contributed by atoms with van der Waals surface area (Å²) < 4.78 is 10.7. The van der Waals surface area contributed by atoms with E-state index in [9.17, 15) is 4.79 Å². The molecule has 1 fully saturated rings. The Morgan fingerprint density at radius 3 is 2.48 bits per heavy atom. The molecule has 2 N–H and O–H groups in total. The van der Waals surface area contributed by atoms with E-state index in [2.05, 4.69) is 4.90 Å². The number of piperazine rings is 1. The van der Waals surface area contributed by atoms with Crippen LogP contribution in [0.15, 0.2) is 18.2 Å². The lowest BCUT2D eigenvalue weighted by Gasteiger charge is -2.34. The van der Waals surface area contributed by atoms with E-state index >= 15 is 0 Å². The normalized spacial score (nSPS) is 15.9. The Hall–Kier alpha value is -1.79. The van der Waals surface area contributed by atoms with Gasteiger partial charge in [-0.3, -0.25) is 9.69 Å². The van der Waals surface area contributed by atoms with Crippen molar-refractivity contribution in [2.45, 2.75) is 6.54 Å². The Morgan fingerprint density at radius 2 is 1.90 bits per heavy atom. The standard InChI is InChI=1S/C15H23N3O3/c1-20-13-3-4-14(21-2)12(9-13)11-17-5-7-18(8-6-17)15(19)10-16/h3-4,9H,5-8,10-11,16H2,1-2H3. The summed E-state index contributed by atoms with van der Waals surface area (Å²) in [6.45, 7) is 4.00. The molecule has 1 aromatic rings. The summed E-state index contributed by atoms with van der Waals surface area (Å²) in [7, 11) is 3.33. The molecule has 6 heteroatoms. The maximum Gasteiger partial charge on any atom is 0.236 e. The van der Waals surface area contributed by atoms with Crippen LogP contribution in [0.1, 0.15) is 5.56 Å². The minimum absolute atomic E-state index is 0.0219. The molecule has 2 rings (SSSR count). The molecule has 0 bridgehead atoms. The monoisotopic (exact) mass is 293 g/mol. The third-order valence-corrected chi connectivity index (χ3v) is 3.78. The Kier molecular flexibility index (Phi) is 5.41. The third kappa shape index (κ3) is 3.86. The Bertz CT molecular complexity index is 485. The highest BCUT2D eigenvalue weighted by Gasteiger charge is 2.21. The number of nitrogens with zero attached hydrogens (tertiary/aromatic N) is 2. The fourth-order valence-electron chi connectivity index (χ4n) is 2.53. The Labute approximate surface area is 125 Å². The zero-order valence-electron chi connectivity index (χ0n) is 12.7. The van der Waals surface area contributed by atoms with Gasteiger partial charge in [0, 0.05) is 38.3 Å². The van der Waals surface area contributed by atoms with Gasteiger partial charge < -0.3 is 20.1 Å². The summed E-state index contributed by atoms with van der Waals surface area (Å²) in [4.78, 5) is 15.7. The summed E-state index contributed by atoms with van der Waals surface area (Å²) in [5.74, 6) is 1.70. The van der Waals surface area contributed by atoms with Crippen molar-refractivity contribution in [2.24, 2.45) is 5.73 Å². The fourth-order valence-corrected chi connectivity index (χ4v) is 2.53. The van der Waals surface area contributed by atoms with E-state index < -0.39 is 0 Å². The first-order valence-corrected chi connectivity index (χ1v) is 7.09. The van der Waals surface area contributed by atoms with Gasteiger partial charge in [0.1, 0.15) is 11.5 Å². The van der Waals surface area contributed by atoms with Gasteiger partial charge in [-0.05, 0) is 18.2 Å². The predicted molar refractivity (Wildman–Crippen MR) is 80.5 cm³/mol. The quantitative estimate of drug-likeness (QED) is 0.846. The molecule has 0 aromatic heterocycles. The fraction of sp³-hybridized carbons (Fsp3) is 0.533. The molecule has 1 aliphatic heterocycles. The zero-order chi connectivity index (χ0) is 15.2. The van der Waals surface area contributed by atoms with Crippen LogP contribution in [-0.2, 0) is 11.3 Å². The van der Waals surface area contributed by atoms with Gasteiger partial charge in [-0.2, -0.15) is 0 Å². The molecule has 6 nitrogen and oxygen atoms in total. The number of benzene rings is 1. The van der Waals surface area contributed by atoms with Gasteiger partial charge in [0.15, 0.2) is 0 Å². The predicted octanol–water partition coefficient (Wildman–Crippen LogP) is 0.307. The number of nitrogens with two attached hydrogens (primary N) is 1. The second-order valence-electron chi connectivity index (χ2n) is 5.04. The highest BCUT2D eigenvalue weighted by molar-refractivity contribution is 5.78. The number of methoxy groups -OCH3 is 2. The van der Waals surface area contributed by atoms with Crippen molar-refractivity contribution in [3.05, 3.63) is 23.8 Å². The maximum absolute atomic E-state index is 11.6. The molecule has 0 radical (unpaired) electrons. The van der Waals surface area contributed by atoms with Crippen molar-refractivity contribution in [3.63, 3.8) is 0 Å². The van der Waals surface area contributed by atoms with Crippen molar-refractivity contribution in [2.75, 3.05) is 46.9 Å². The minimum Gasteiger partial charge on any atom is -0.497 e. The van der Waals surface area contributed by atoms with Crippen molar-refractivity contribution >= 4 is 5.91 Å². The first-order chi connectivity index (χ1) is 10.2. The maximum atomic E-state index is 11.6. The second-order valence-corrected chi connectivity index (χ2v) is 5.04. The lowest BCUT2D eigenvalue weighted by molar-refractivity contribution is -0.131. The van der Waals surface area contributed by atoms with E-state index in [1.165, 1.54) is 0 Å². The summed E-state index contributed by atoms with van der Waals surface area (Å²) in [6, 6.07) is 5.80. The average Bonchev–Trinajstić information content (AvgIpc) is 2.54. The van der Waals surface area contributed by atoms with Gasteiger partial charge >= 0.3 is 0 Å². The van der Waals surface area contributed by atoms with E-state index in [0.29, 0.717) is 0 Å². The molecule has 1 amide bonds. The van der Waals surface area contributed by atoms with Gasteiger partial charge in [-0.25, -0.2) is 0 Å². The molecule has 21 heavy (non-hydrogen) atoms. The molecular formula is C15H23N3O3. The first-order valence-electron chi connectivity index (χ1n) is 7.09. The summed E-state index contributed by atoms with van der Waals surface area (Å²) >= 11 is 0. The van der Waals surface area contributed by atoms with Crippen molar-refractivity contribution in [3.8, 4) is 11.5 Å². The summed E-state index contributed by atoms with van der Waals surface area (Å²) in [6.07, 6.45) is 0. The van der Waals surface area contributed by atoms with Crippen LogP contribution in [0.3, 0.4) is 0 Å². The van der Waals surface area contributed by atoms with Crippen LogP contribution in [0.25, 0.3) is 0 Å². The van der Waals surface area contributed by atoms with Gasteiger partial charge in [-0.1, -0.05) is 0 Å². The lowest BCUT2D eigenvalue weighted by Crippen LogP contribution is -2.49. The first kappa shape index (κ1) is 15.6. The topological polar surface area (TPSA) is 68.0 Å². The van der Waals surface area contributed by atoms with E-state index in [4.69, 9.17) is 15.2 Å². The smallest absolute Gasteiger partial charge is 0.236 e. The third-order valence-electron chi connectivity index (χ3n) is 3.78. The number of ether oxygens (including phenoxy) is 2. The van der Waals surface area contributed by atoms with Crippen LogP contribution in [0.2, 0.25) is 0 Å². The number of hydrogen-bond donors (Lipinski definition) is 1. The van der Waals surface area contributed by atoms with Gasteiger partial charge in [0.2, 0.25) is 5.91 Å². The highest BCUT2D eigenvalue weighted by Crippen LogP contribution is 2.25. The van der Waals surface area contributed by atoms with Crippen LogP contribution in [0.5, 0.6) is 11.5 Å². The van der Waals surface area contributed by atoms with Crippen molar-refractivity contribution < 1.29 is 14.3 Å². The number of carbonyl (C=O) groups excluding carboxylic acids is 1. The lowest BCUT2D eigenvalue weighted by atomic mass is 10.1. The SMILES string of the molecule is COc1ccc(OC)c(CN2CCN(C(=O)CN)CC2)c1. The van der Waals surface area contributed by atoms with Gasteiger partial charge in [-0.15, -0.1) is 0 Å².